The van der Waals surface area contributed by atoms with Gasteiger partial charge >= 0.3 is 7.12 Å². The van der Waals surface area contributed by atoms with E-state index >= 15 is 0 Å². The third kappa shape index (κ3) is 78.1. The Morgan fingerprint density at radius 3 is 0.566 bits per heavy atom. The van der Waals surface area contributed by atoms with Crippen LogP contribution in [0.25, 0.3) is 44.4 Å². The summed E-state index contributed by atoms with van der Waals surface area (Å²) in [7, 11) is 182. The average Bonchev–Trinajstić information content (AvgIpc) is 1.55. The summed E-state index contributed by atoms with van der Waals surface area (Å²) >= 11 is 9.66. The molecule has 0 radical (unpaired) electrons. The van der Waals surface area contributed by atoms with Gasteiger partial charge in [-0.25, -0.2) is 9.97 Å². The maximum absolute atomic E-state index is 6.34. The van der Waals surface area contributed by atoms with Crippen molar-refractivity contribution in [1.29, 1.82) is 0 Å². The van der Waals surface area contributed by atoms with Crippen molar-refractivity contribution < 1.29 is 9.31 Å². The molecule has 0 atom stereocenters. The lowest BCUT2D eigenvalue weighted by Crippen LogP contribution is -2.41. The van der Waals surface area contributed by atoms with Crippen molar-refractivity contribution in [3.63, 3.8) is 0 Å². The first-order valence-corrected chi connectivity index (χ1v) is 164. The first-order chi connectivity index (χ1) is 67.3. The van der Waals surface area contributed by atoms with Gasteiger partial charge in [0.2, 0.25) is 5.78 Å². The summed E-state index contributed by atoms with van der Waals surface area (Å²) in [6, 6.07) is 22.8. The minimum atomic E-state index is -0.431. The van der Waals surface area contributed by atoms with Crippen molar-refractivity contribution in [2.75, 3.05) is 0 Å². The summed E-state index contributed by atoms with van der Waals surface area (Å²) in [5.41, 5.74) is 6.14. The molecule has 6 aromatic rings. The zero-order valence-electron chi connectivity index (χ0n) is 61.1. The molecule has 0 aliphatic carbocycles. The maximum atomic E-state index is 6.34. The molecule has 0 saturated carbocycles. The van der Waals surface area contributed by atoms with Crippen molar-refractivity contribution >= 4 is 976 Å². The predicted octanol–water partition coefficient (Wildman–Crippen LogP) is 4.49. The van der Waals surface area contributed by atoms with Gasteiger partial charge in [-0.15, -0.1) is 0 Å². The smallest absolute Gasteiger partial charge is 0.399 e. The topological polar surface area (TPSA) is 53.1 Å². The molecule has 136 heavy (non-hydrogen) atoms. The Bertz CT molecular complexity index is 10500. The number of para-hydroxylation sites is 4. The Hall–Kier alpha value is 19.2. The molecule has 3 aromatic heterocycles. The minimum Gasteiger partial charge on any atom is -0.399 e. The van der Waals surface area contributed by atoms with E-state index in [0.29, 0.717) is 0 Å². The fraction of sp³-hybridized carbons (Fsp3) is 0.231. The molecule has 4 heterocycles. The molecule has 0 bridgehead atoms. The maximum Gasteiger partial charge on any atom is 0.494 e. The lowest BCUT2D eigenvalue weighted by Gasteiger charge is -2.32. The molecular weight excluding hydrogens is 3710 g/mol. The molecule has 3 aromatic carbocycles. The molecule has 0 N–H and O–H groups in total. The molecular formula is C26H23BN4O2S103. The van der Waals surface area contributed by atoms with E-state index in [4.69, 9.17) is 41.7 Å². The van der Waals surface area contributed by atoms with Crippen molar-refractivity contribution in [3.05, 3.63) is 66.7 Å². The second-order valence-electron chi connectivity index (χ2n) is 16.7. The first-order valence-electron chi connectivity index (χ1n) is 28.3. The first kappa shape index (κ1) is 144. The van der Waals surface area contributed by atoms with Crippen LogP contribution in [0.5, 0.6) is 0 Å². The number of aromatic nitrogens is 4. The molecule has 1 aliphatic heterocycles. The Kier molecular flexibility index (Phi) is 114. The van der Waals surface area contributed by atoms with E-state index in [-0.39, 0.29) is 0 Å². The second-order valence-corrected chi connectivity index (χ2v) is 195. The van der Waals surface area contributed by atoms with E-state index in [0.717, 1.165) is 49.9 Å². The van der Waals surface area contributed by atoms with Crippen LogP contribution in [0.1, 0.15) is 27.7 Å². The van der Waals surface area contributed by atoms with Crippen LogP contribution in [0.15, 0.2) is 66.7 Å². The largest absolute Gasteiger partial charge is 0.494 e. The van der Waals surface area contributed by atoms with E-state index in [1.165, 1.54) is 17.8 Å². The molecule has 0 unspecified atom stereocenters. The van der Waals surface area contributed by atoms with Crippen LogP contribution in [0.2, 0.25) is 0 Å². The predicted molar refractivity (Wildman–Crippen MR) is 891 cm³/mol. The zero-order valence-corrected chi connectivity index (χ0v) is 145. The van der Waals surface area contributed by atoms with Crippen LogP contribution in [-0.2, 0) is 929 Å². The molecule has 1 saturated heterocycles. The fourth-order valence-corrected chi connectivity index (χ4v) is 278. The van der Waals surface area contributed by atoms with Gasteiger partial charge in [0.25, 0.3) is 0 Å². The summed E-state index contributed by atoms with van der Waals surface area (Å²) < 4.78 is 17.1. The molecule has 110 heteroatoms. The average molecular weight is 3740 g/mol. The van der Waals surface area contributed by atoms with Gasteiger partial charge in [0.15, 0.2) is 0 Å². The summed E-state index contributed by atoms with van der Waals surface area (Å²) in [4.78, 5) is 10.0. The van der Waals surface area contributed by atoms with E-state index in [1.807, 2.05) is 797 Å². The van der Waals surface area contributed by atoms with Crippen LogP contribution >= 0.6 is 0 Å². The quantitative estimate of drug-likeness (QED) is 0.227. The zero-order chi connectivity index (χ0) is 96.0. The van der Waals surface area contributed by atoms with Crippen molar-refractivity contribution in [1.82, 2.24) is 18.8 Å². The van der Waals surface area contributed by atoms with E-state index in [9.17, 15) is 0 Å². The molecule has 1 aliphatic rings. The Morgan fingerprint density at radius 1 is 0.206 bits per heavy atom. The Labute approximate surface area is 1080 Å². The molecule has 1 fully saturated rings. The third-order valence-electron chi connectivity index (χ3n) is 10.1. The van der Waals surface area contributed by atoms with Crippen molar-refractivity contribution in [2.45, 2.75) is 38.9 Å². The lowest BCUT2D eigenvalue weighted by molar-refractivity contribution is 0.00578. The van der Waals surface area contributed by atoms with Gasteiger partial charge in [0.1, 0.15) is 5.65 Å². The number of fused-ring (bicyclic) bond motifs is 10. The highest BCUT2D eigenvalue weighted by atomic mass is 33.6. The monoisotopic (exact) mass is 3730 g/mol. The second kappa shape index (κ2) is 108. The molecule has 0 spiro atoms. The number of benzene rings is 3. The van der Waals surface area contributed by atoms with Gasteiger partial charge in [0.05, 0.1) is 38.8 Å². The number of imidazole rings is 2. The number of nitrogens with zero attached hydrogens (tertiary/aromatic N) is 4. The Morgan fingerprint density at radius 2 is 0.375 bits per heavy atom. The molecule has 780 valence electrons. The minimum absolute atomic E-state index is 0.394. The van der Waals surface area contributed by atoms with E-state index in [2.05, 4.69) is 79.0 Å². The van der Waals surface area contributed by atoms with Crippen LogP contribution in [-0.4, -0.2) is 37.1 Å². The summed E-state index contributed by atoms with van der Waals surface area (Å²) in [5, 5.41) is 1.04. The molecule has 7 rings (SSSR count). The lowest BCUT2D eigenvalue weighted by atomic mass is 9.78. The summed E-state index contributed by atoms with van der Waals surface area (Å²) in [5.74, 6) is 0.857. The van der Waals surface area contributed by atoms with Crippen LogP contribution in [0.3, 0.4) is 0 Å². The molecule has 6 nitrogen and oxygen atoms in total. The van der Waals surface area contributed by atoms with Gasteiger partial charge < -0.3 is 9.31 Å². The highest BCUT2D eigenvalue weighted by Gasteiger charge is 2.51. The normalized spacial score (nSPS) is 10.3. The number of rotatable bonds is 1. The van der Waals surface area contributed by atoms with Gasteiger partial charge in [-0.05, 0) is 69.6 Å². The Balaban J connectivity index is 0.000000699. The molecule has 0 amide bonds. The number of hydrogen-bond donors (Lipinski definition) is 0. The van der Waals surface area contributed by atoms with Crippen molar-refractivity contribution in [3.8, 4) is 0 Å². The summed E-state index contributed by atoms with van der Waals surface area (Å²) in [6.07, 6.45) is 0. The number of hydrogen-bond acceptors (Lipinski definition) is 6. The van der Waals surface area contributed by atoms with Crippen molar-refractivity contribution in [2.24, 2.45) is 0 Å². The fourth-order valence-electron chi connectivity index (χ4n) is 5.99. The highest BCUT2D eigenvalue weighted by Crippen LogP contribution is 2.37. The van der Waals surface area contributed by atoms with E-state index in [1.54, 1.807) is 107 Å². The summed E-state index contributed by atoms with van der Waals surface area (Å²) in [6.45, 7) is 8.31. The van der Waals surface area contributed by atoms with Gasteiger partial charge in [-0.2, -0.15) is 0 Å². The highest BCUT2D eigenvalue weighted by molar-refractivity contribution is 8.88. The van der Waals surface area contributed by atoms with Crippen LogP contribution < -0.4 is 5.46 Å². The van der Waals surface area contributed by atoms with Gasteiger partial charge in [0, 0.05) is 925 Å². The van der Waals surface area contributed by atoms with Crippen LogP contribution in [0, 0.1) is 0 Å². The van der Waals surface area contributed by atoms with Gasteiger partial charge in [-0.1, -0.05) is 30.3 Å². The van der Waals surface area contributed by atoms with Crippen LogP contribution in [0.4, 0.5) is 0 Å². The van der Waals surface area contributed by atoms with Gasteiger partial charge in [-0.3, -0.25) is 8.80 Å². The SMILES string of the molecule is CC1(C)OB(c2ccc3c(c2)c2nc4ccccc4n2c2nc4ccccc4n32)OC1(C)C.S=S=S=S=S=S=S=S=S=S=S=S=S=S=S=S=S=S=S=S=S=S=S=S=S=S=S=S=S=S=S=S=S=S=S=S=S=S=S=S=S=S=S=S=S=S=S=S=S=S=S=S=S=S=S=S=S=S=S=S=S=S=S=S=S=S=S=S=S=S=S=S=S=S=S=S=S=S=S=S=S=S=S=S=S=S=S=S=S=S=S=S=S=S=S=S=S=S=S=S=S=S=S. The standard InChI is InChI=1S/C26H23BN4O2.S103/c1-25(2)26(3,4)33-27(32-25)16-13-14-20-17(15-16)23-28-18-9-5-8-12-22(18)31(23)24-29-19-10-6-7-11-21(19)30(20)24;1-3-5-7-9-11-13-15-17-19-21-23-25-27-29-31-33-35-37-39-41-43-45-47-49-51-53-55-57-59-61-63-65-67-69-71-73-75-77-79-81-83-85-87-89-91-93-95-97-99-101-103-102-100-98-96-94-92-90-88-86-84-82-80-78-76-74-72-70-68-66-64-62-60-58-56-54-52-50-48-46-44-42-40-38-36-34-32-30-28-26-24-22-20-18-16-14-12-10-8-6-4-2/h5-15H,1-4H3;. The third-order valence-corrected chi connectivity index (χ3v) is 232. The van der Waals surface area contributed by atoms with E-state index < -0.39 is 18.3 Å².